The van der Waals surface area contributed by atoms with Crippen LogP contribution in [0.3, 0.4) is 0 Å². The Balaban J connectivity index is 1.77. The van der Waals surface area contributed by atoms with Gasteiger partial charge < -0.3 is 5.32 Å². The Morgan fingerprint density at radius 1 is 1.38 bits per heavy atom. The van der Waals surface area contributed by atoms with Gasteiger partial charge in [0.1, 0.15) is 10.7 Å². The minimum absolute atomic E-state index is 0.334. The fourth-order valence-electron chi connectivity index (χ4n) is 2.03. The summed E-state index contributed by atoms with van der Waals surface area (Å²) < 4.78 is 27.4. The van der Waals surface area contributed by atoms with Gasteiger partial charge in [-0.15, -0.1) is 11.3 Å². The van der Waals surface area contributed by atoms with Crippen LogP contribution >= 0.6 is 11.3 Å². The maximum absolute atomic E-state index is 12.4. The molecule has 1 aliphatic carbocycles. The van der Waals surface area contributed by atoms with E-state index in [1.807, 2.05) is 6.92 Å². The first-order chi connectivity index (χ1) is 10.0. The molecule has 0 bridgehead atoms. The number of aromatic nitrogens is 1. The van der Waals surface area contributed by atoms with Crippen molar-refractivity contribution in [1.82, 2.24) is 10.3 Å². The SMILES string of the molecule is Cc1sc(CNC2CC2)cc1S(=O)(=O)Nc1ccccn1. The fraction of sp³-hybridized carbons (Fsp3) is 0.357. The predicted octanol–water partition coefficient (Wildman–Crippen LogP) is 2.50. The Kier molecular flexibility index (Phi) is 3.97. The standard InChI is InChI=1S/C14H17N3O2S2/c1-10-13(8-12(20-10)9-16-11-5-6-11)21(18,19)17-14-4-2-3-7-15-14/h2-4,7-8,11,16H,5-6,9H2,1H3,(H,15,17). The highest BCUT2D eigenvalue weighted by atomic mass is 32.2. The van der Waals surface area contributed by atoms with Crippen molar-refractivity contribution in [1.29, 1.82) is 0 Å². The van der Waals surface area contributed by atoms with Gasteiger partial charge in [0.25, 0.3) is 10.0 Å². The van der Waals surface area contributed by atoms with E-state index < -0.39 is 10.0 Å². The lowest BCUT2D eigenvalue weighted by atomic mass is 10.4. The van der Waals surface area contributed by atoms with Gasteiger partial charge in [-0.2, -0.15) is 0 Å². The van der Waals surface area contributed by atoms with Gasteiger partial charge in [-0.3, -0.25) is 4.72 Å². The van der Waals surface area contributed by atoms with Gasteiger partial charge in [-0.1, -0.05) is 6.07 Å². The molecule has 0 aromatic carbocycles. The smallest absolute Gasteiger partial charge is 0.264 e. The number of sulfonamides is 1. The van der Waals surface area contributed by atoms with Crippen molar-refractivity contribution in [2.24, 2.45) is 0 Å². The van der Waals surface area contributed by atoms with E-state index in [1.165, 1.54) is 24.2 Å². The zero-order valence-corrected chi connectivity index (χ0v) is 13.3. The average molecular weight is 323 g/mol. The van der Waals surface area contributed by atoms with Gasteiger partial charge in [0, 0.05) is 28.5 Å². The summed E-state index contributed by atoms with van der Waals surface area (Å²) in [5.41, 5.74) is 0. The van der Waals surface area contributed by atoms with Gasteiger partial charge in [0.15, 0.2) is 0 Å². The van der Waals surface area contributed by atoms with Gasteiger partial charge in [-0.05, 0) is 38.0 Å². The summed E-state index contributed by atoms with van der Waals surface area (Å²) in [6, 6.07) is 7.49. The van der Waals surface area contributed by atoms with Crippen LogP contribution in [-0.2, 0) is 16.6 Å². The third kappa shape index (κ3) is 3.61. The molecule has 2 aromatic heterocycles. The number of rotatable bonds is 6. The first-order valence-electron chi connectivity index (χ1n) is 6.81. The molecule has 2 aromatic rings. The van der Waals surface area contributed by atoms with Crippen LogP contribution < -0.4 is 10.0 Å². The Morgan fingerprint density at radius 3 is 2.86 bits per heavy atom. The summed E-state index contributed by atoms with van der Waals surface area (Å²) in [7, 11) is -3.58. The maximum Gasteiger partial charge on any atom is 0.264 e. The Bertz CT molecular complexity index is 722. The molecule has 0 unspecified atom stereocenters. The second kappa shape index (κ2) is 5.75. The fourth-order valence-corrected chi connectivity index (χ4v) is 4.62. The highest BCUT2D eigenvalue weighted by Crippen LogP contribution is 2.28. The number of nitrogens with one attached hydrogen (secondary N) is 2. The van der Waals surface area contributed by atoms with E-state index in [-0.39, 0.29) is 0 Å². The summed E-state index contributed by atoms with van der Waals surface area (Å²) in [6.07, 6.45) is 4.00. The van der Waals surface area contributed by atoms with E-state index >= 15 is 0 Å². The topological polar surface area (TPSA) is 71.1 Å². The van der Waals surface area contributed by atoms with Crippen LogP contribution in [0.4, 0.5) is 5.82 Å². The Hall–Kier alpha value is -1.44. The van der Waals surface area contributed by atoms with Gasteiger partial charge >= 0.3 is 0 Å². The quantitative estimate of drug-likeness (QED) is 0.857. The van der Waals surface area contributed by atoms with Crippen molar-refractivity contribution in [3.63, 3.8) is 0 Å². The number of hydrogen-bond acceptors (Lipinski definition) is 5. The molecule has 3 rings (SSSR count). The van der Waals surface area contributed by atoms with E-state index in [0.29, 0.717) is 16.8 Å². The minimum Gasteiger partial charge on any atom is -0.309 e. The number of hydrogen-bond donors (Lipinski definition) is 2. The maximum atomic E-state index is 12.4. The van der Waals surface area contributed by atoms with Crippen LogP contribution in [0, 0.1) is 6.92 Å². The summed E-state index contributed by atoms with van der Waals surface area (Å²) in [6.45, 7) is 2.56. The normalized spacial score (nSPS) is 15.1. The van der Waals surface area contributed by atoms with E-state index in [2.05, 4.69) is 15.0 Å². The summed E-state index contributed by atoms with van der Waals surface area (Å²) >= 11 is 1.52. The van der Waals surface area contributed by atoms with Gasteiger partial charge in [-0.25, -0.2) is 13.4 Å². The Morgan fingerprint density at radius 2 is 2.19 bits per heavy atom. The van der Waals surface area contributed by atoms with E-state index in [1.54, 1.807) is 30.5 Å². The zero-order valence-electron chi connectivity index (χ0n) is 11.7. The molecule has 1 fully saturated rings. The molecule has 1 saturated carbocycles. The number of nitrogens with zero attached hydrogens (tertiary/aromatic N) is 1. The van der Waals surface area contributed by atoms with Crippen molar-refractivity contribution in [3.8, 4) is 0 Å². The first-order valence-corrected chi connectivity index (χ1v) is 9.11. The molecular formula is C14H17N3O2S2. The highest BCUT2D eigenvalue weighted by molar-refractivity contribution is 7.93. The third-order valence-corrected chi connectivity index (χ3v) is 5.92. The second-order valence-corrected chi connectivity index (χ2v) is 8.10. The lowest BCUT2D eigenvalue weighted by Crippen LogP contribution is -2.15. The molecular weight excluding hydrogens is 306 g/mol. The van der Waals surface area contributed by atoms with Crippen molar-refractivity contribution < 1.29 is 8.42 Å². The molecule has 0 radical (unpaired) electrons. The lowest BCUT2D eigenvalue weighted by molar-refractivity contribution is 0.600. The highest BCUT2D eigenvalue weighted by Gasteiger charge is 2.23. The molecule has 5 nitrogen and oxygen atoms in total. The molecule has 0 aliphatic heterocycles. The molecule has 0 amide bonds. The number of aryl methyl sites for hydroxylation is 1. The third-order valence-electron chi connectivity index (χ3n) is 3.26. The number of thiophene rings is 1. The predicted molar refractivity (Wildman–Crippen MR) is 84.0 cm³/mol. The zero-order chi connectivity index (χ0) is 14.9. The molecule has 112 valence electrons. The van der Waals surface area contributed by atoms with Crippen LogP contribution in [0.15, 0.2) is 35.4 Å². The average Bonchev–Trinajstić information content (AvgIpc) is 3.19. The van der Waals surface area contributed by atoms with Crippen molar-refractivity contribution in [2.45, 2.75) is 37.2 Å². The minimum atomic E-state index is -3.58. The van der Waals surface area contributed by atoms with Crippen LogP contribution in [0.5, 0.6) is 0 Å². The lowest BCUT2D eigenvalue weighted by Gasteiger charge is -2.06. The van der Waals surface area contributed by atoms with Gasteiger partial charge in [0.2, 0.25) is 0 Å². The molecule has 0 spiro atoms. The van der Waals surface area contributed by atoms with E-state index in [4.69, 9.17) is 0 Å². The van der Waals surface area contributed by atoms with Crippen LogP contribution in [0.25, 0.3) is 0 Å². The Labute approximate surface area is 128 Å². The van der Waals surface area contributed by atoms with Crippen LogP contribution in [-0.4, -0.2) is 19.4 Å². The van der Waals surface area contributed by atoms with Crippen molar-refractivity contribution >= 4 is 27.2 Å². The molecule has 2 N–H and O–H groups in total. The molecule has 0 saturated heterocycles. The van der Waals surface area contributed by atoms with Crippen molar-refractivity contribution in [2.75, 3.05) is 4.72 Å². The largest absolute Gasteiger partial charge is 0.309 e. The number of pyridine rings is 1. The summed E-state index contributed by atoms with van der Waals surface area (Å²) in [4.78, 5) is 6.17. The van der Waals surface area contributed by atoms with E-state index in [9.17, 15) is 8.42 Å². The molecule has 7 heteroatoms. The second-order valence-electron chi connectivity index (χ2n) is 5.11. The van der Waals surface area contributed by atoms with Crippen molar-refractivity contribution in [3.05, 3.63) is 40.2 Å². The van der Waals surface area contributed by atoms with E-state index in [0.717, 1.165) is 16.3 Å². The van der Waals surface area contributed by atoms with Gasteiger partial charge in [0.05, 0.1) is 0 Å². The number of anilines is 1. The molecule has 0 atom stereocenters. The first kappa shape index (κ1) is 14.5. The monoisotopic (exact) mass is 323 g/mol. The van der Waals surface area contributed by atoms with Crippen LogP contribution in [0.1, 0.15) is 22.6 Å². The van der Waals surface area contributed by atoms with Crippen LogP contribution in [0.2, 0.25) is 0 Å². The molecule has 2 heterocycles. The molecule has 21 heavy (non-hydrogen) atoms. The molecule has 1 aliphatic rings. The summed E-state index contributed by atoms with van der Waals surface area (Å²) in [5, 5.41) is 3.40. The summed E-state index contributed by atoms with van der Waals surface area (Å²) in [5.74, 6) is 0.334.